The van der Waals surface area contributed by atoms with Crippen LogP contribution in [0, 0.1) is 23.1 Å². The number of carbonyl (C=O) groups excluding carboxylic acids is 4. The van der Waals surface area contributed by atoms with Crippen LogP contribution in [0.25, 0.3) is 0 Å². The molecule has 2 heterocycles. The number of nitriles is 1. The van der Waals surface area contributed by atoms with Crippen LogP contribution in [-0.2, 0) is 9.59 Å². The number of carbonyl (C=O) groups is 4. The Kier molecular flexibility index (Phi) is 5.37. The summed E-state index contributed by atoms with van der Waals surface area (Å²) >= 11 is 0. The highest BCUT2D eigenvalue weighted by molar-refractivity contribution is 6.44. The molecule has 4 amide bonds. The summed E-state index contributed by atoms with van der Waals surface area (Å²) in [6.45, 7) is 0. The normalized spacial score (nSPS) is 18.3. The smallest absolute Gasteiger partial charge is 0.263 e. The molecular weight excluding hydrogens is 345 g/mol. The van der Waals surface area contributed by atoms with Crippen LogP contribution < -0.4 is 5.32 Å². The summed E-state index contributed by atoms with van der Waals surface area (Å²) in [5.41, 5.74) is 0.850. The van der Waals surface area contributed by atoms with E-state index in [4.69, 9.17) is 5.26 Å². The summed E-state index contributed by atoms with van der Waals surface area (Å²) in [6, 6.07) is 3.85. The number of imide groups is 2. The summed E-state index contributed by atoms with van der Waals surface area (Å²) in [7, 11) is 1.50. The lowest BCUT2D eigenvalue weighted by Crippen LogP contribution is -2.54. The van der Waals surface area contributed by atoms with Gasteiger partial charge in [0.1, 0.15) is 6.04 Å². The van der Waals surface area contributed by atoms with E-state index in [-0.39, 0.29) is 24.0 Å². The van der Waals surface area contributed by atoms with Crippen molar-refractivity contribution in [3.8, 4) is 17.8 Å². The second kappa shape index (κ2) is 7.88. The molecule has 1 aromatic carbocycles. The van der Waals surface area contributed by atoms with Gasteiger partial charge in [-0.2, -0.15) is 0 Å². The molecule has 3 rings (SSSR count). The predicted molar refractivity (Wildman–Crippen MR) is 95.4 cm³/mol. The number of amides is 4. The average molecular weight is 360 g/mol. The third-order valence-electron chi connectivity index (χ3n) is 4.43. The Labute approximate surface area is 156 Å². The third kappa shape index (κ3) is 3.61. The van der Waals surface area contributed by atoms with E-state index in [0.29, 0.717) is 18.3 Å². The molecule has 27 heavy (non-hydrogen) atoms. The van der Waals surface area contributed by atoms with Crippen molar-refractivity contribution in [3.05, 3.63) is 34.9 Å². The van der Waals surface area contributed by atoms with Gasteiger partial charge >= 0.3 is 0 Å². The largest absolute Gasteiger partial charge is 0.295 e. The maximum absolute atomic E-state index is 12.9. The van der Waals surface area contributed by atoms with E-state index < -0.39 is 29.7 Å². The van der Waals surface area contributed by atoms with Gasteiger partial charge in [0.15, 0.2) is 0 Å². The van der Waals surface area contributed by atoms with Crippen molar-refractivity contribution >= 4 is 30.9 Å². The van der Waals surface area contributed by atoms with Gasteiger partial charge < -0.3 is 0 Å². The number of piperidine rings is 1. The van der Waals surface area contributed by atoms with E-state index in [1.165, 1.54) is 13.3 Å². The zero-order valence-electron chi connectivity index (χ0n) is 14.4. The fraction of sp³-hybridized carbons (Fsp3) is 0.316. The summed E-state index contributed by atoms with van der Waals surface area (Å²) in [5.74, 6) is 5.66. The lowest BCUT2D eigenvalue weighted by atomic mass is 9.75. The van der Waals surface area contributed by atoms with Gasteiger partial charge in [-0.15, -0.1) is 0 Å². The first kappa shape index (κ1) is 18.4. The topological polar surface area (TPSA) is 107 Å². The van der Waals surface area contributed by atoms with Gasteiger partial charge in [-0.1, -0.05) is 24.2 Å². The molecular formula is C19H15BN3O4. The Hall–Kier alpha value is -3.39. The van der Waals surface area contributed by atoms with Gasteiger partial charge in [0.25, 0.3) is 19.1 Å². The number of nitrogens with one attached hydrogen (secondary N) is 1. The Morgan fingerprint density at radius 2 is 2.04 bits per heavy atom. The molecule has 0 spiro atoms. The van der Waals surface area contributed by atoms with E-state index in [1.54, 1.807) is 12.1 Å². The molecule has 7 nitrogen and oxygen atoms in total. The van der Waals surface area contributed by atoms with Crippen LogP contribution in [0.15, 0.2) is 18.2 Å². The number of benzene rings is 1. The molecule has 133 valence electrons. The Morgan fingerprint density at radius 3 is 2.78 bits per heavy atom. The molecule has 1 fully saturated rings. The number of unbranched alkanes of at least 4 members (excludes halogenated alkanes) is 1. The fourth-order valence-corrected chi connectivity index (χ4v) is 3.13. The molecule has 2 aliphatic rings. The van der Waals surface area contributed by atoms with Crippen molar-refractivity contribution in [2.24, 2.45) is 0 Å². The van der Waals surface area contributed by atoms with Crippen LogP contribution in [0.3, 0.4) is 0 Å². The third-order valence-corrected chi connectivity index (χ3v) is 4.43. The van der Waals surface area contributed by atoms with Crippen molar-refractivity contribution in [3.63, 3.8) is 0 Å². The number of hydrogen-bond acceptors (Lipinski definition) is 5. The van der Waals surface area contributed by atoms with E-state index in [2.05, 4.69) is 17.2 Å². The predicted octanol–water partition coefficient (Wildman–Crippen LogP) is 0.823. The van der Waals surface area contributed by atoms with E-state index in [9.17, 15) is 19.2 Å². The van der Waals surface area contributed by atoms with Crippen LogP contribution >= 0.6 is 0 Å². The zero-order chi connectivity index (χ0) is 19.4. The highest BCUT2D eigenvalue weighted by Crippen LogP contribution is 2.29. The van der Waals surface area contributed by atoms with E-state index in [0.717, 1.165) is 11.3 Å². The lowest BCUT2D eigenvalue weighted by molar-refractivity contribution is -0.136. The van der Waals surface area contributed by atoms with Crippen LogP contribution in [-0.4, -0.2) is 41.8 Å². The molecule has 0 aromatic heterocycles. The number of hydrogen-bond donors (Lipinski definition) is 1. The molecule has 1 N–H and O–H groups in total. The molecule has 8 heteroatoms. The summed E-state index contributed by atoms with van der Waals surface area (Å²) in [4.78, 5) is 49.9. The molecule has 2 aliphatic heterocycles. The molecule has 1 atom stereocenters. The first-order valence-corrected chi connectivity index (χ1v) is 8.59. The molecule has 1 saturated heterocycles. The first-order chi connectivity index (χ1) is 13.0. The Bertz CT molecular complexity index is 938. The molecule has 0 bridgehead atoms. The monoisotopic (exact) mass is 360 g/mol. The van der Waals surface area contributed by atoms with E-state index >= 15 is 0 Å². The molecule has 0 aliphatic carbocycles. The van der Waals surface area contributed by atoms with Crippen molar-refractivity contribution in [1.82, 2.24) is 10.2 Å². The van der Waals surface area contributed by atoms with Gasteiger partial charge in [-0.25, -0.2) is 5.26 Å². The lowest BCUT2D eigenvalue weighted by Gasteiger charge is -2.27. The minimum absolute atomic E-state index is 0.0796. The fourth-order valence-electron chi connectivity index (χ4n) is 3.13. The standard InChI is InChI=1S/C19H15BN3O4/c21-11-20-10-3-1-2-5-12-6-4-7-13-16(12)19(27)23(18(13)26)14-8-9-15(24)22-17(14)25/h4,6-7,14H,1,3,8-10H2,(H,22,24,25). The second-order valence-electron chi connectivity index (χ2n) is 6.20. The quantitative estimate of drug-likeness (QED) is 0.370. The van der Waals surface area contributed by atoms with E-state index in [1.807, 2.05) is 5.97 Å². The molecule has 1 unspecified atom stereocenters. The summed E-state index contributed by atoms with van der Waals surface area (Å²) in [6.07, 6.45) is 2.12. The minimum atomic E-state index is -0.988. The second-order valence-corrected chi connectivity index (χ2v) is 6.20. The van der Waals surface area contributed by atoms with Gasteiger partial charge in [0.05, 0.1) is 11.1 Å². The van der Waals surface area contributed by atoms with Gasteiger partial charge in [-0.05, 0) is 30.9 Å². The van der Waals surface area contributed by atoms with Crippen molar-refractivity contribution in [2.45, 2.75) is 38.0 Å². The van der Waals surface area contributed by atoms with Gasteiger partial charge in [0.2, 0.25) is 11.8 Å². The highest BCUT2D eigenvalue weighted by Gasteiger charge is 2.45. The Morgan fingerprint density at radius 1 is 1.22 bits per heavy atom. The van der Waals surface area contributed by atoms with Gasteiger partial charge in [-0.3, -0.25) is 29.4 Å². The SMILES string of the molecule is N#C[B]CCCC#Cc1cccc2c1C(=O)N(C1CCC(=O)NC1=O)C2=O. The number of nitrogens with zero attached hydrogens (tertiary/aromatic N) is 2. The van der Waals surface area contributed by atoms with Crippen LogP contribution in [0.2, 0.25) is 6.32 Å². The minimum Gasteiger partial charge on any atom is -0.295 e. The van der Waals surface area contributed by atoms with Crippen LogP contribution in [0.4, 0.5) is 0 Å². The summed E-state index contributed by atoms with van der Waals surface area (Å²) in [5, 5.41) is 10.6. The average Bonchev–Trinajstić information content (AvgIpc) is 2.90. The zero-order valence-corrected chi connectivity index (χ0v) is 14.4. The van der Waals surface area contributed by atoms with Crippen LogP contribution in [0.5, 0.6) is 0 Å². The number of rotatable bonds is 4. The maximum atomic E-state index is 12.9. The Balaban J connectivity index is 1.82. The van der Waals surface area contributed by atoms with Gasteiger partial charge in [0, 0.05) is 18.4 Å². The van der Waals surface area contributed by atoms with Crippen molar-refractivity contribution in [2.75, 3.05) is 0 Å². The van der Waals surface area contributed by atoms with Crippen molar-refractivity contribution < 1.29 is 19.2 Å². The highest BCUT2D eigenvalue weighted by atomic mass is 16.2. The van der Waals surface area contributed by atoms with Crippen LogP contribution in [0.1, 0.15) is 52.0 Å². The summed E-state index contributed by atoms with van der Waals surface area (Å²) < 4.78 is 0. The first-order valence-electron chi connectivity index (χ1n) is 8.59. The van der Waals surface area contributed by atoms with Crippen molar-refractivity contribution in [1.29, 1.82) is 5.26 Å². The maximum Gasteiger partial charge on any atom is 0.263 e. The molecule has 0 saturated carbocycles. The number of fused-ring (bicyclic) bond motifs is 1. The molecule has 1 aromatic rings. The molecule has 1 radical (unpaired) electrons.